The minimum atomic E-state index is -0.0742. The van der Waals surface area contributed by atoms with Gasteiger partial charge < -0.3 is 20.5 Å². The molecule has 5 nitrogen and oxygen atoms in total. The predicted octanol–water partition coefficient (Wildman–Crippen LogP) is 2.23. The summed E-state index contributed by atoms with van der Waals surface area (Å²) in [5.41, 5.74) is 6.91. The molecule has 0 aliphatic carbocycles. The van der Waals surface area contributed by atoms with Crippen molar-refractivity contribution in [1.29, 1.82) is 0 Å². The molecule has 1 amide bonds. The summed E-state index contributed by atoms with van der Waals surface area (Å²) < 4.78 is 10.5. The third-order valence-electron chi connectivity index (χ3n) is 3.22. The van der Waals surface area contributed by atoms with Crippen molar-refractivity contribution in [3.63, 3.8) is 0 Å². The second-order valence-electron chi connectivity index (χ2n) is 4.81. The number of hydrogen-bond acceptors (Lipinski definition) is 4. The van der Waals surface area contributed by atoms with Crippen LogP contribution in [0.1, 0.15) is 20.8 Å². The molecule has 0 bridgehead atoms. The second-order valence-corrected chi connectivity index (χ2v) is 4.81. The van der Waals surface area contributed by atoms with Crippen LogP contribution < -0.4 is 20.5 Å². The van der Waals surface area contributed by atoms with E-state index < -0.39 is 0 Å². The number of carbonyl (C=O) groups excluding carboxylic acids is 1. The Morgan fingerprint density at radius 2 is 1.89 bits per heavy atom. The zero-order valence-corrected chi connectivity index (χ0v) is 10.8. The number of carbonyl (C=O) groups is 1. The second kappa shape index (κ2) is 4.76. The van der Waals surface area contributed by atoms with Gasteiger partial charge in [0.25, 0.3) is 0 Å². The topological polar surface area (TPSA) is 73.6 Å². The van der Waals surface area contributed by atoms with E-state index >= 15 is 0 Å². The fourth-order valence-corrected chi connectivity index (χ4v) is 1.62. The number of anilines is 2. The maximum atomic E-state index is 12.0. The van der Waals surface area contributed by atoms with Gasteiger partial charge in [-0.05, 0) is 5.92 Å². The fourth-order valence-electron chi connectivity index (χ4n) is 1.62. The van der Waals surface area contributed by atoms with Crippen molar-refractivity contribution in [3.05, 3.63) is 12.1 Å². The maximum Gasteiger partial charge on any atom is 0.231 e. The average molecular weight is 250 g/mol. The van der Waals surface area contributed by atoms with Gasteiger partial charge in [0.05, 0.1) is 11.4 Å². The summed E-state index contributed by atoms with van der Waals surface area (Å²) in [6, 6.07) is 3.36. The van der Waals surface area contributed by atoms with Crippen LogP contribution in [0.4, 0.5) is 11.4 Å². The largest absolute Gasteiger partial charge is 0.454 e. The Morgan fingerprint density at radius 3 is 2.50 bits per heavy atom. The minimum absolute atomic E-state index is 0.0458. The first-order valence-corrected chi connectivity index (χ1v) is 5.99. The van der Waals surface area contributed by atoms with E-state index in [1.165, 1.54) is 0 Å². The molecule has 1 aromatic carbocycles. The molecule has 98 valence electrons. The number of amides is 1. The van der Waals surface area contributed by atoms with Gasteiger partial charge in [-0.15, -0.1) is 0 Å². The zero-order chi connectivity index (χ0) is 13.3. The van der Waals surface area contributed by atoms with Crippen LogP contribution in [0.25, 0.3) is 0 Å². The molecule has 0 saturated carbocycles. The highest BCUT2D eigenvalue weighted by atomic mass is 16.7. The van der Waals surface area contributed by atoms with E-state index in [0.29, 0.717) is 22.9 Å². The summed E-state index contributed by atoms with van der Waals surface area (Å²) in [4.78, 5) is 12.0. The highest BCUT2D eigenvalue weighted by Crippen LogP contribution is 2.38. The Hall–Kier alpha value is -1.91. The van der Waals surface area contributed by atoms with Crippen LogP contribution in [-0.2, 0) is 4.79 Å². The number of hydrogen-bond donors (Lipinski definition) is 2. The first-order chi connectivity index (χ1) is 8.49. The lowest BCUT2D eigenvalue weighted by atomic mass is 9.97. The third kappa shape index (κ3) is 2.34. The van der Waals surface area contributed by atoms with Crippen molar-refractivity contribution in [2.24, 2.45) is 11.8 Å². The monoisotopic (exact) mass is 250 g/mol. The molecule has 0 fully saturated rings. The zero-order valence-electron chi connectivity index (χ0n) is 10.8. The summed E-state index contributed by atoms with van der Waals surface area (Å²) >= 11 is 0. The van der Waals surface area contributed by atoms with Gasteiger partial charge in [0.2, 0.25) is 12.7 Å². The number of rotatable bonds is 3. The maximum absolute atomic E-state index is 12.0. The summed E-state index contributed by atoms with van der Waals surface area (Å²) in [7, 11) is 0. The van der Waals surface area contributed by atoms with Crippen molar-refractivity contribution in [3.8, 4) is 11.5 Å². The van der Waals surface area contributed by atoms with Crippen LogP contribution in [0.5, 0.6) is 11.5 Å². The van der Waals surface area contributed by atoms with Gasteiger partial charge in [-0.1, -0.05) is 20.8 Å². The Morgan fingerprint density at radius 1 is 1.28 bits per heavy atom. The van der Waals surface area contributed by atoms with E-state index in [2.05, 4.69) is 5.32 Å². The van der Waals surface area contributed by atoms with Gasteiger partial charge in [0.1, 0.15) is 0 Å². The highest BCUT2D eigenvalue weighted by Gasteiger charge is 2.20. The quantitative estimate of drug-likeness (QED) is 0.807. The number of fused-ring (bicyclic) bond motifs is 1. The van der Waals surface area contributed by atoms with E-state index in [4.69, 9.17) is 15.2 Å². The molecule has 0 saturated heterocycles. The predicted molar refractivity (Wildman–Crippen MR) is 69.6 cm³/mol. The van der Waals surface area contributed by atoms with E-state index in [1.807, 2.05) is 20.8 Å². The third-order valence-corrected chi connectivity index (χ3v) is 3.22. The molecule has 1 unspecified atom stereocenters. The average Bonchev–Trinajstić information content (AvgIpc) is 2.75. The molecular weight excluding hydrogens is 232 g/mol. The van der Waals surface area contributed by atoms with E-state index in [-0.39, 0.29) is 24.5 Å². The van der Waals surface area contributed by atoms with Crippen LogP contribution in [-0.4, -0.2) is 12.7 Å². The van der Waals surface area contributed by atoms with Crippen molar-refractivity contribution >= 4 is 17.3 Å². The molecule has 3 N–H and O–H groups in total. The van der Waals surface area contributed by atoms with Crippen LogP contribution in [0, 0.1) is 11.8 Å². The number of benzene rings is 1. The molecule has 1 aromatic rings. The van der Waals surface area contributed by atoms with Crippen LogP contribution in [0.2, 0.25) is 0 Å². The van der Waals surface area contributed by atoms with Crippen LogP contribution in [0.3, 0.4) is 0 Å². The van der Waals surface area contributed by atoms with Crippen molar-refractivity contribution in [2.75, 3.05) is 17.8 Å². The minimum Gasteiger partial charge on any atom is -0.454 e. The molecule has 1 atom stereocenters. The van der Waals surface area contributed by atoms with E-state index in [0.717, 1.165) is 0 Å². The first kappa shape index (κ1) is 12.5. The highest BCUT2D eigenvalue weighted by molar-refractivity contribution is 5.96. The van der Waals surface area contributed by atoms with Gasteiger partial charge in [0, 0.05) is 18.1 Å². The Bertz CT molecular complexity index is 472. The molecular formula is C13H18N2O3. The Kier molecular flexibility index (Phi) is 3.32. The standard InChI is InChI=1S/C13H18N2O3/c1-7(2)8(3)13(16)15-10-5-12-11(4-9(10)14)17-6-18-12/h4-5,7-8H,6,14H2,1-3H3,(H,15,16). The Labute approximate surface area is 106 Å². The van der Waals surface area contributed by atoms with E-state index in [9.17, 15) is 4.79 Å². The fraction of sp³-hybridized carbons (Fsp3) is 0.462. The molecule has 0 aromatic heterocycles. The molecule has 1 aliphatic heterocycles. The van der Waals surface area contributed by atoms with Gasteiger partial charge in [-0.25, -0.2) is 0 Å². The summed E-state index contributed by atoms with van der Waals surface area (Å²) in [6.07, 6.45) is 0. The summed E-state index contributed by atoms with van der Waals surface area (Å²) in [5.74, 6) is 1.38. The van der Waals surface area contributed by atoms with Gasteiger partial charge >= 0.3 is 0 Å². The summed E-state index contributed by atoms with van der Waals surface area (Å²) in [6.45, 7) is 6.10. The number of nitrogens with one attached hydrogen (secondary N) is 1. The van der Waals surface area contributed by atoms with Crippen molar-refractivity contribution < 1.29 is 14.3 Å². The normalized spacial score (nSPS) is 14.7. The van der Waals surface area contributed by atoms with Crippen molar-refractivity contribution in [1.82, 2.24) is 0 Å². The lowest BCUT2D eigenvalue weighted by Crippen LogP contribution is -2.24. The van der Waals surface area contributed by atoms with E-state index in [1.54, 1.807) is 12.1 Å². The first-order valence-electron chi connectivity index (χ1n) is 5.99. The Balaban J connectivity index is 2.17. The number of nitrogens with two attached hydrogens (primary N) is 1. The molecule has 2 rings (SSSR count). The SMILES string of the molecule is CC(C)C(C)C(=O)Nc1cc2c(cc1N)OCO2. The molecule has 5 heteroatoms. The smallest absolute Gasteiger partial charge is 0.231 e. The van der Waals surface area contributed by atoms with Gasteiger partial charge in [-0.3, -0.25) is 4.79 Å². The molecule has 1 heterocycles. The molecule has 0 spiro atoms. The van der Waals surface area contributed by atoms with Crippen LogP contribution >= 0.6 is 0 Å². The molecule has 0 radical (unpaired) electrons. The summed E-state index contributed by atoms with van der Waals surface area (Å²) in [5, 5.41) is 2.82. The van der Waals surface area contributed by atoms with Crippen LogP contribution in [0.15, 0.2) is 12.1 Å². The molecule has 18 heavy (non-hydrogen) atoms. The van der Waals surface area contributed by atoms with Crippen molar-refractivity contribution in [2.45, 2.75) is 20.8 Å². The lowest BCUT2D eigenvalue weighted by Gasteiger charge is -2.16. The molecule has 1 aliphatic rings. The number of nitrogen functional groups attached to an aromatic ring is 1. The van der Waals surface area contributed by atoms with Gasteiger partial charge in [-0.2, -0.15) is 0 Å². The lowest BCUT2D eigenvalue weighted by molar-refractivity contribution is -0.120. The van der Waals surface area contributed by atoms with Gasteiger partial charge in [0.15, 0.2) is 11.5 Å². The number of ether oxygens (including phenoxy) is 2.